The fourth-order valence-electron chi connectivity index (χ4n) is 1.66. The molecule has 88 valence electrons. The van der Waals surface area contributed by atoms with Gasteiger partial charge in [-0.2, -0.15) is 0 Å². The molecule has 4 nitrogen and oxygen atoms in total. The van der Waals surface area contributed by atoms with Crippen LogP contribution < -0.4 is 10.5 Å². The van der Waals surface area contributed by atoms with Crippen LogP contribution in [0, 0.1) is 5.92 Å². The van der Waals surface area contributed by atoms with Gasteiger partial charge in [0.05, 0.1) is 18.5 Å². The smallest absolute Gasteiger partial charge is 0.232 e. The lowest BCUT2D eigenvalue weighted by molar-refractivity contribution is 0.0490. The number of aromatic nitrogens is 1. The summed E-state index contributed by atoms with van der Waals surface area (Å²) in [5, 5.41) is 0.465. The van der Waals surface area contributed by atoms with E-state index in [0.717, 1.165) is 26.1 Å². The van der Waals surface area contributed by atoms with E-state index in [4.69, 9.17) is 26.8 Å². The number of nitrogens with zero attached hydrogens (tertiary/aromatic N) is 1. The van der Waals surface area contributed by atoms with Crippen LogP contribution in [0.5, 0.6) is 5.88 Å². The molecule has 1 aliphatic heterocycles. The van der Waals surface area contributed by atoms with Crippen LogP contribution in [-0.2, 0) is 4.74 Å². The second kappa shape index (κ2) is 5.37. The zero-order chi connectivity index (χ0) is 11.4. The van der Waals surface area contributed by atoms with Gasteiger partial charge in [0.2, 0.25) is 5.88 Å². The summed E-state index contributed by atoms with van der Waals surface area (Å²) >= 11 is 5.96. The second-order valence-electron chi connectivity index (χ2n) is 3.92. The van der Waals surface area contributed by atoms with Gasteiger partial charge in [0.1, 0.15) is 5.02 Å². The Kier molecular flexibility index (Phi) is 3.85. The Morgan fingerprint density at radius 3 is 2.94 bits per heavy atom. The van der Waals surface area contributed by atoms with Crippen LogP contribution in [0.3, 0.4) is 0 Å². The molecule has 1 aromatic heterocycles. The van der Waals surface area contributed by atoms with Crippen molar-refractivity contribution in [3.8, 4) is 5.88 Å². The molecule has 1 saturated heterocycles. The molecular weight excluding hydrogens is 228 g/mol. The van der Waals surface area contributed by atoms with E-state index in [2.05, 4.69) is 4.98 Å². The van der Waals surface area contributed by atoms with Gasteiger partial charge in [0.15, 0.2) is 0 Å². The quantitative estimate of drug-likeness (QED) is 0.882. The van der Waals surface area contributed by atoms with Gasteiger partial charge in [0.25, 0.3) is 0 Å². The maximum absolute atomic E-state index is 5.96. The minimum atomic E-state index is 0.461. The van der Waals surface area contributed by atoms with Crippen LogP contribution >= 0.6 is 11.6 Å². The summed E-state index contributed by atoms with van der Waals surface area (Å²) in [5.74, 6) is 0.992. The van der Waals surface area contributed by atoms with E-state index < -0.39 is 0 Å². The number of halogens is 1. The largest absolute Gasteiger partial charge is 0.476 e. The summed E-state index contributed by atoms with van der Waals surface area (Å²) in [4.78, 5) is 4.05. The standard InChI is InChI=1S/C11H15ClN2O2/c12-10-5-9(13)6-14-11(10)16-7-8-1-3-15-4-2-8/h5-6,8H,1-4,7,13H2. The van der Waals surface area contributed by atoms with Gasteiger partial charge in [-0.25, -0.2) is 4.98 Å². The van der Waals surface area contributed by atoms with Crippen molar-refractivity contribution >= 4 is 17.3 Å². The summed E-state index contributed by atoms with van der Waals surface area (Å²) in [6.45, 7) is 2.27. The molecule has 0 radical (unpaired) electrons. The molecule has 2 N–H and O–H groups in total. The van der Waals surface area contributed by atoms with E-state index in [1.165, 1.54) is 0 Å². The fraction of sp³-hybridized carbons (Fsp3) is 0.545. The number of rotatable bonds is 3. The summed E-state index contributed by atoms with van der Waals surface area (Å²) in [7, 11) is 0. The maximum Gasteiger partial charge on any atom is 0.232 e. The van der Waals surface area contributed by atoms with Crippen molar-refractivity contribution in [1.82, 2.24) is 4.98 Å². The van der Waals surface area contributed by atoms with Gasteiger partial charge in [-0.15, -0.1) is 0 Å². The van der Waals surface area contributed by atoms with Gasteiger partial charge in [-0.1, -0.05) is 11.6 Å². The van der Waals surface area contributed by atoms with Gasteiger partial charge >= 0.3 is 0 Å². The van der Waals surface area contributed by atoms with Crippen molar-refractivity contribution in [1.29, 1.82) is 0 Å². The van der Waals surface area contributed by atoms with Crippen LogP contribution in [0.15, 0.2) is 12.3 Å². The SMILES string of the molecule is Nc1cnc(OCC2CCOCC2)c(Cl)c1. The zero-order valence-electron chi connectivity index (χ0n) is 8.99. The highest BCUT2D eigenvalue weighted by Crippen LogP contribution is 2.24. The number of ether oxygens (including phenoxy) is 2. The molecule has 2 heterocycles. The number of nitrogens with two attached hydrogens (primary N) is 1. The first-order chi connectivity index (χ1) is 7.75. The molecule has 0 unspecified atom stereocenters. The normalized spacial score (nSPS) is 17.3. The van der Waals surface area contributed by atoms with Gasteiger partial charge in [0, 0.05) is 13.2 Å². The number of pyridine rings is 1. The average Bonchev–Trinajstić information content (AvgIpc) is 2.29. The molecule has 5 heteroatoms. The molecule has 0 aliphatic carbocycles. The van der Waals surface area contributed by atoms with E-state index in [0.29, 0.717) is 29.1 Å². The second-order valence-corrected chi connectivity index (χ2v) is 4.33. The van der Waals surface area contributed by atoms with Crippen LogP contribution in [0.1, 0.15) is 12.8 Å². The Labute approximate surface area is 99.7 Å². The topological polar surface area (TPSA) is 57.4 Å². The van der Waals surface area contributed by atoms with E-state index in [9.17, 15) is 0 Å². The first-order valence-corrected chi connectivity index (χ1v) is 5.75. The van der Waals surface area contributed by atoms with E-state index in [1.807, 2.05) is 0 Å². The Bertz CT molecular complexity index is 354. The van der Waals surface area contributed by atoms with E-state index >= 15 is 0 Å². The molecule has 0 amide bonds. The fourth-order valence-corrected chi connectivity index (χ4v) is 1.89. The highest BCUT2D eigenvalue weighted by Gasteiger charge is 2.15. The predicted octanol–water partition coefficient (Wildman–Crippen LogP) is 2.12. The van der Waals surface area contributed by atoms with E-state index in [1.54, 1.807) is 12.3 Å². The lowest BCUT2D eigenvalue weighted by Crippen LogP contribution is -2.21. The number of hydrogen-bond donors (Lipinski definition) is 1. The zero-order valence-corrected chi connectivity index (χ0v) is 9.74. The minimum Gasteiger partial charge on any atom is -0.476 e. The Balaban J connectivity index is 1.88. The summed E-state index contributed by atoms with van der Waals surface area (Å²) in [6.07, 6.45) is 3.62. The first kappa shape index (κ1) is 11.5. The molecular formula is C11H15ClN2O2. The molecule has 1 aliphatic rings. The van der Waals surface area contributed by atoms with E-state index in [-0.39, 0.29) is 0 Å². The first-order valence-electron chi connectivity index (χ1n) is 5.37. The number of anilines is 1. The Hall–Kier alpha value is -1.00. The van der Waals surface area contributed by atoms with Crippen LogP contribution in [0.4, 0.5) is 5.69 Å². The van der Waals surface area contributed by atoms with Crippen molar-refractivity contribution in [2.45, 2.75) is 12.8 Å². The summed E-state index contributed by atoms with van der Waals surface area (Å²) in [5.41, 5.74) is 6.09. The molecule has 1 fully saturated rings. The molecule has 1 aromatic rings. The van der Waals surface area contributed by atoms with Crippen LogP contribution in [0.2, 0.25) is 5.02 Å². The maximum atomic E-state index is 5.96. The van der Waals surface area contributed by atoms with Crippen LogP contribution in [-0.4, -0.2) is 24.8 Å². The van der Waals surface area contributed by atoms with Crippen molar-refractivity contribution in [2.75, 3.05) is 25.6 Å². The molecule has 0 bridgehead atoms. The average molecular weight is 243 g/mol. The minimum absolute atomic E-state index is 0.461. The molecule has 16 heavy (non-hydrogen) atoms. The van der Waals surface area contributed by atoms with Gasteiger partial charge in [-0.3, -0.25) is 0 Å². The van der Waals surface area contributed by atoms with Crippen LogP contribution in [0.25, 0.3) is 0 Å². The lowest BCUT2D eigenvalue weighted by atomic mass is 10.0. The Morgan fingerprint density at radius 2 is 2.25 bits per heavy atom. The Morgan fingerprint density at radius 1 is 1.50 bits per heavy atom. The number of hydrogen-bond acceptors (Lipinski definition) is 4. The van der Waals surface area contributed by atoms with Crippen molar-refractivity contribution in [2.24, 2.45) is 5.92 Å². The molecule has 0 saturated carbocycles. The third-order valence-corrected chi connectivity index (χ3v) is 2.90. The lowest BCUT2D eigenvalue weighted by Gasteiger charge is -2.21. The molecule has 0 atom stereocenters. The van der Waals surface area contributed by atoms with Crippen molar-refractivity contribution in [3.63, 3.8) is 0 Å². The van der Waals surface area contributed by atoms with Gasteiger partial charge in [-0.05, 0) is 24.8 Å². The summed E-state index contributed by atoms with van der Waals surface area (Å²) in [6, 6.07) is 1.65. The third kappa shape index (κ3) is 3.00. The molecule has 0 aromatic carbocycles. The highest BCUT2D eigenvalue weighted by atomic mass is 35.5. The predicted molar refractivity (Wildman–Crippen MR) is 62.7 cm³/mol. The highest BCUT2D eigenvalue weighted by molar-refractivity contribution is 6.32. The third-order valence-electron chi connectivity index (χ3n) is 2.63. The molecule has 2 rings (SSSR count). The molecule has 0 spiro atoms. The monoisotopic (exact) mass is 242 g/mol. The number of nitrogen functional groups attached to an aromatic ring is 1. The van der Waals surface area contributed by atoms with Crippen molar-refractivity contribution in [3.05, 3.63) is 17.3 Å². The summed E-state index contributed by atoms with van der Waals surface area (Å²) < 4.78 is 10.9. The van der Waals surface area contributed by atoms with Gasteiger partial charge < -0.3 is 15.2 Å². The van der Waals surface area contributed by atoms with Crippen molar-refractivity contribution < 1.29 is 9.47 Å².